The first kappa shape index (κ1) is 19.8. The van der Waals surface area contributed by atoms with Crippen molar-refractivity contribution in [3.63, 3.8) is 0 Å². The summed E-state index contributed by atoms with van der Waals surface area (Å²) >= 11 is 5.87. The zero-order chi connectivity index (χ0) is 20.1. The van der Waals surface area contributed by atoms with Gasteiger partial charge in [0.05, 0.1) is 6.21 Å². The standard InChI is InChI=1S/C23H21ClN2O2/c1-16-3-9-19(10-4-16)23(28,20-11-5-17(2)6-12-20)22(27)26-25-15-18-7-13-21(24)14-8-18/h3-15,28H,1-2H3,(H,26,27). The fraction of sp³-hybridized carbons (Fsp3) is 0.130. The maximum atomic E-state index is 13.0. The Morgan fingerprint density at radius 3 is 1.82 bits per heavy atom. The van der Waals surface area contributed by atoms with E-state index in [9.17, 15) is 9.90 Å². The molecule has 0 saturated carbocycles. The molecule has 0 unspecified atom stereocenters. The molecule has 0 aliphatic heterocycles. The van der Waals surface area contributed by atoms with E-state index in [1.807, 2.05) is 38.1 Å². The maximum absolute atomic E-state index is 13.0. The number of halogens is 1. The van der Waals surface area contributed by atoms with Crippen molar-refractivity contribution in [2.45, 2.75) is 19.4 Å². The Bertz CT molecular complexity index is 933. The molecule has 0 heterocycles. The van der Waals surface area contributed by atoms with Crippen LogP contribution in [0.2, 0.25) is 5.02 Å². The zero-order valence-corrected chi connectivity index (χ0v) is 16.4. The molecule has 28 heavy (non-hydrogen) atoms. The van der Waals surface area contributed by atoms with Gasteiger partial charge in [-0.05, 0) is 42.7 Å². The number of rotatable bonds is 5. The molecule has 1 amide bonds. The fourth-order valence-corrected chi connectivity index (χ4v) is 2.94. The average Bonchev–Trinajstić information content (AvgIpc) is 2.70. The van der Waals surface area contributed by atoms with Gasteiger partial charge >= 0.3 is 0 Å². The molecule has 0 bridgehead atoms. The van der Waals surface area contributed by atoms with Gasteiger partial charge in [-0.2, -0.15) is 5.10 Å². The van der Waals surface area contributed by atoms with Crippen LogP contribution in [0.3, 0.4) is 0 Å². The summed E-state index contributed by atoms with van der Waals surface area (Å²) in [5.41, 5.74) is 4.40. The second-order valence-corrected chi connectivity index (χ2v) is 7.13. The summed E-state index contributed by atoms with van der Waals surface area (Å²) in [6.45, 7) is 3.90. The quantitative estimate of drug-likeness (QED) is 0.501. The van der Waals surface area contributed by atoms with E-state index in [-0.39, 0.29) is 0 Å². The summed E-state index contributed by atoms with van der Waals surface area (Å²) in [4.78, 5) is 13.0. The lowest BCUT2D eigenvalue weighted by Gasteiger charge is -2.27. The number of hydrazone groups is 1. The lowest BCUT2D eigenvalue weighted by Crippen LogP contribution is -2.43. The third-order valence-electron chi connectivity index (χ3n) is 4.52. The Morgan fingerprint density at radius 1 is 0.893 bits per heavy atom. The van der Waals surface area contributed by atoms with Crippen molar-refractivity contribution in [1.29, 1.82) is 0 Å². The molecule has 142 valence electrons. The summed E-state index contributed by atoms with van der Waals surface area (Å²) in [6, 6.07) is 21.5. The minimum absolute atomic E-state index is 0.473. The van der Waals surface area contributed by atoms with E-state index < -0.39 is 11.5 Å². The summed E-state index contributed by atoms with van der Waals surface area (Å²) in [5.74, 6) is -0.634. The maximum Gasteiger partial charge on any atom is 0.281 e. The van der Waals surface area contributed by atoms with Crippen LogP contribution in [0, 0.1) is 13.8 Å². The second kappa shape index (κ2) is 8.38. The van der Waals surface area contributed by atoms with Crippen LogP contribution in [0.5, 0.6) is 0 Å². The van der Waals surface area contributed by atoms with E-state index >= 15 is 0 Å². The fourth-order valence-electron chi connectivity index (χ4n) is 2.81. The monoisotopic (exact) mass is 392 g/mol. The largest absolute Gasteiger partial charge is 0.372 e. The van der Waals surface area contributed by atoms with Gasteiger partial charge in [-0.15, -0.1) is 0 Å². The first-order chi connectivity index (χ1) is 13.4. The van der Waals surface area contributed by atoms with Gasteiger partial charge in [-0.25, -0.2) is 5.43 Å². The van der Waals surface area contributed by atoms with Crippen LogP contribution in [0.4, 0.5) is 0 Å². The van der Waals surface area contributed by atoms with Crippen molar-refractivity contribution in [3.05, 3.63) is 106 Å². The topological polar surface area (TPSA) is 61.7 Å². The van der Waals surface area contributed by atoms with E-state index in [2.05, 4.69) is 10.5 Å². The predicted octanol–water partition coefficient (Wildman–Crippen LogP) is 4.34. The molecule has 2 N–H and O–H groups in total. The van der Waals surface area contributed by atoms with E-state index in [4.69, 9.17) is 11.6 Å². The summed E-state index contributed by atoms with van der Waals surface area (Å²) in [5, 5.41) is 16.0. The number of aliphatic hydroxyl groups is 1. The number of hydrogen-bond donors (Lipinski definition) is 2. The SMILES string of the molecule is Cc1ccc(C(O)(C(=O)NN=Cc2ccc(Cl)cc2)c2ccc(C)cc2)cc1. The number of carbonyl (C=O) groups excluding carboxylic acids is 1. The van der Waals surface area contributed by atoms with Gasteiger partial charge in [0.25, 0.3) is 5.91 Å². The summed E-state index contributed by atoms with van der Waals surface area (Å²) in [7, 11) is 0. The molecular weight excluding hydrogens is 372 g/mol. The van der Waals surface area contributed by atoms with Crippen molar-refractivity contribution in [3.8, 4) is 0 Å². The zero-order valence-electron chi connectivity index (χ0n) is 15.7. The Morgan fingerprint density at radius 2 is 1.36 bits per heavy atom. The Hall–Kier alpha value is -2.95. The van der Waals surface area contributed by atoms with Crippen molar-refractivity contribution in [2.75, 3.05) is 0 Å². The highest BCUT2D eigenvalue weighted by atomic mass is 35.5. The Balaban J connectivity index is 1.91. The molecule has 3 aromatic rings. The minimum atomic E-state index is -1.86. The van der Waals surface area contributed by atoms with Crippen LogP contribution in [0.15, 0.2) is 77.9 Å². The molecule has 0 aromatic heterocycles. The molecular formula is C23H21ClN2O2. The van der Waals surface area contributed by atoms with Crippen LogP contribution in [-0.2, 0) is 10.4 Å². The number of nitrogens with one attached hydrogen (secondary N) is 1. The van der Waals surface area contributed by atoms with Gasteiger partial charge < -0.3 is 5.11 Å². The molecule has 0 spiro atoms. The number of aryl methyl sites for hydroxylation is 2. The molecule has 3 aromatic carbocycles. The highest BCUT2D eigenvalue weighted by molar-refractivity contribution is 6.30. The van der Waals surface area contributed by atoms with Crippen LogP contribution in [0.25, 0.3) is 0 Å². The van der Waals surface area contributed by atoms with E-state index in [0.29, 0.717) is 16.1 Å². The number of benzene rings is 3. The molecule has 0 aliphatic rings. The second-order valence-electron chi connectivity index (χ2n) is 6.69. The van der Waals surface area contributed by atoms with Gasteiger partial charge in [0.15, 0.2) is 5.60 Å². The van der Waals surface area contributed by atoms with E-state index in [1.165, 1.54) is 6.21 Å². The van der Waals surface area contributed by atoms with E-state index in [0.717, 1.165) is 16.7 Å². The van der Waals surface area contributed by atoms with Crippen molar-refractivity contribution in [2.24, 2.45) is 5.10 Å². The van der Waals surface area contributed by atoms with Gasteiger partial charge in [-0.3, -0.25) is 4.79 Å². The normalized spacial score (nSPS) is 11.6. The van der Waals surface area contributed by atoms with Gasteiger partial charge in [-0.1, -0.05) is 83.4 Å². The molecule has 0 atom stereocenters. The van der Waals surface area contributed by atoms with Gasteiger partial charge in [0.1, 0.15) is 0 Å². The van der Waals surface area contributed by atoms with E-state index in [1.54, 1.807) is 48.5 Å². The van der Waals surface area contributed by atoms with Crippen molar-refractivity contribution in [1.82, 2.24) is 5.43 Å². The average molecular weight is 393 g/mol. The minimum Gasteiger partial charge on any atom is -0.372 e. The predicted molar refractivity (Wildman–Crippen MR) is 113 cm³/mol. The molecule has 0 aliphatic carbocycles. The van der Waals surface area contributed by atoms with Crippen molar-refractivity contribution >= 4 is 23.7 Å². The van der Waals surface area contributed by atoms with Crippen LogP contribution < -0.4 is 5.43 Å². The van der Waals surface area contributed by atoms with Crippen molar-refractivity contribution < 1.29 is 9.90 Å². The summed E-state index contributed by atoms with van der Waals surface area (Å²) in [6.07, 6.45) is 1.50. The lowest BCUT2D eigenvalue weighted by molar-refractivity contribution is -0.136. The molecule has 0 saturated heterocycles. The first-order valence-corrected chi connectivity index (χ1v) is 9.23. The van der Waals surface area contributed by atoms with Crippen LogP contribution >= 0.6 is 11.6 Å². The summed E-state index contributed by atoms with van der Waals surface area (Å²) < 4.78 is 0. The number of carbonyl (C=O) groups is 1. The third kappa shape index (κ3) is 4.30. The molecule has 0 radical (unpaired) electrons. The smallest absolute Gasteiger partial charge is 0.281 e. The molecule has 0 fully saturated rings. The number of nitrogens with zero attached hydrogens (tertiary/aromatic N) is 1. The third-order valence-corrected chi connectivity index (χ3v) is 4.77. The first-order valence-electron chi connectivity index (χ1n) is 8.85. The van der Waals surface area contributed by atoms with Gasteiger partial charge in [0.2, 0.25) is 0 Å². The highest BCUT2D eigenvalue weighted by Crippen LogP contribution is 2.30. The molecule has 3 rings (SSSR count). The number of hydrogen-bond acceptors (Lipinski definition) is 3. The molecule has 4 nitrogen and oxygen atoms in total. The van der Waals surface area contributed by atoms with Crippen LogP contribution in [-0.4, -0.2) is 17.2 Å². The van der Waals surface area contributed by atoms with Gasteiger partial charge in [0, 0.05) is 5.02 Å². The Labute approximate surface area is 169 Å². The Kier molecular flexibility index (Phi) is 5.93. The number of amides is 1. The van der Waals surface area contributed by atoms with Crippen LogP contribution in [0.1, 0.15) is 27.8 Å². The molecule has 5 heteroatoms. The highest BCUT2D eigenvalue weighted by Gasteiger charge is 2.40. The lowest BCUT2D eigenvalue weighted by atomic mass is 9.85.